The highest BCUT2D eigenvalue weighted by molar-refractivity contribution is 5.75. The maximum absolute atomic E-state index is 11.9. The van der Waals surface area contributed by atoms with Crippen molar-refractivity contribution in [3.05, 3.63) is 41.2 Å². The maximum atomic E-state index is 11.9. The van der Waals surface area contributed by atoms with Gasteiger partial charge in [0.1, 0.15) is 12.3 Å². The van der Waals surface area contributed by atoms with Crippen LogP contribution in [0.5, 0.6) is 5.75 Å². The lowest BCUT2D eigenvalue weighted by Gasteiger charge is -2.07. The van der Waals surface area contributed by atoms with Crippen LogP contribution in [0.1, 0.15) is 17.0 Å². The molecule has 0 saturated heterocycles. The molecule has 2 aromatic rings. The van der Waals surface area contributed by atoms with E-state index in [9.17, 15) is 4.79 Å². The van der Waals surface area contributed by atoms with E-state index in [4.69, 9.17) is 10.5 Å². The lowest BCUT2D eigenvalue weighted by molar-refractivity contribution is -0.122. The van der Waals surface area contributed by atoms with Gasteiger partial charge in [-0.15, -0.1) is 0 Å². The van der Waals surface area contributed by atoms with E-state index in [0.29, 0.717) is 12.2 Å². The van der Waals surface area contributed by atoms with Gasteiger partial charge in [0, 0.05) is 6.54 Å². The first-order chi connectivity index (χ1) is 10.0. The molecule has 112 valence electrons. The third kappa shape index (κ3) is 3.53. The molecule has 0 fully saturated rings. The highest BCUT2D eigenvalue weighted by Gasteiger charge is 2.11. The minimum absolute atomic E-state index is 0.101. The number of nitrogens with one attached hydrogen (secondary N) is 1. The molecule has 0 aliphatic rings. The number of aryl methyl sites for hydroxylation is 1. The van der Waals surface area contributed by atoms with Crippen LogP contribution in [0.4, 0.5) is 5.69 Å². The zero-order valence-corrected chi connectivity index (χ0v) is 12.5. The fraction of sp³-hybridized carbons (Fsp3) is 0.333. The van der Waals surface area contributed by atoms with E-state index in [1.165, 1.54) is 0 Å². The van der Waals surface area contributed by atoms with Crippen LogP contribution in [0.2, 0.25) is 0 Å². The van der Waals surface area contributed by atoms with Crippen LogP contribution in [0.3, 0.4) is 0 Å². The van der Waals surface area contributed by atoms with Gasteiger partial charge in [-0.1, -0.05) is 12.1 Å². The number of methoxy groups -OCH3 is 1. The topological polar surface area (TPSA) is 82.2 Å². The van der Waals surface area contributed by atoms with Crippen LogP contribution < -0.4 is 15.8 Å². The van der Waals surface area contributed by atoms with Gasteiger partial charge in [-0.2, -0.15) is 5.10 Å². The van der Waals surface area contributed by atoms with Gasteiger partial charge in [-0.3, -0.25) is 9.48 Å². The summed E-state index contributed by atoms with van der Waals surface area (Å²) < 4.78 is 6.71. The van der Waals surface area contributed by atoms with Crippen molar-refractivity contribution in [3.63, 3.8) is 0 Å². The van der Waals surface area contributed by atoms with E-state index in [0.717, 1.165) is 22.7 Å². The molecule has 1 aromatic carbocycles. The highest BCUT2D eigenvalue weighted by Crippen LogP contribution is 2.14. The Morgan fingerprint density at radius 1 is 1.33 bits per heavy atom. The van der Waals surface area contributed by atoms with Crippen LogP contribution in [-0.4, -0.2) is 22.8 Å². The Bertz CT molecular complexity index is 632. The molecule has 0 saturated carbocycles. The van der Waals surface area contributed by atoms with Crippen LogP contribution in [0.15, 0.2) is 24.3 Å². The molecular formula is C15H20N4O2. The Kier molecular flexibility index (Phi) is 4.47. The molecule has 0 unspecified atom stereocenters. The normalized spacial score (nSPS) is 10.4. The van der Waals surface area contributed by atoms with Crippen molar-refractivity contribution >= 4 is 11.6 Å². The van der Waals surface area contributed by atoms with Crippen molar-refractivity contribution in [1.82, 2.24) is 15.1 Å². The molecule has 2 rings (SSSR count). The van der Waals surface area contributed by atoms with Crippen molar-refractivity contribution in [2.75, 3.05) is 12.8 Å². The number of hydrogen-bond donors (Lipinski definition) is 2. The lowest BCUT2D eigenvalue weighted by Crippen LogP contribution is -2.28. The van der Waals surface area contributed by atoms with Crippen molar-refractivity contribution in [3.8, 4) is 5.75 Å². The number of ether oxygens (including phenoxy) is 1. The fourth-order valence-corrected chi connectivity index (χ4v) is 2.00. The summed E-state index contributed by atoms with van der Waals surface area (Å²) in [5.74, 6) is 0.694. The van der Waals surface area contributed by atoms with Crippen LogP contribution >= 0.6 is 0 Å². The molecule has 1 amide bonds. The van der Waals surface area contributed by atoms with Crippen LogP contribution in [0.25, 0.3) is 0 Å². The summed E-state index contributed by atoms with van der Waals surface area (Å²) in [6.45, 7) is 4.32. The molecule has 6 heteroatoms. The Labute approximate surface area is 123 Å². The molecule has 3 N–H and O–H groups in total. The Balaban J connectivity index is 1.91. The third-order valence-corrected chi connectivity index (χ3v) is 3.38. The van der Waals surface area contributed by atoms with Crippen LogP contribution in [-0.2, 0) is 17.9 Å². The summed E-state index contributed by atoms with van der Waals surface area (Å²) in [7, 11) is 1.62. The number of carbonyl (C=O) groups is 1. The molecule has 0 spiro atoms. The summed E-state index contributed by atoms with van der Waals surface area (Å²) in [5.41, 5.74) is 9.05. The van der Waals surface area contributed by atoms with Gasteiger partial charge in [0.05, 0.1) is 24.2 Å². The molecular weight excluding hydrogens is 268 g/mol. The van der Waals surface area contributed by atoms with Crippen molar-refractivity contribution in [2.24, 2.45) is 0 Å². The monoisotopic (exact) mass is 288 g/mol. The van der Waals surface area contributed by atoms with Gasteiger partial charge >= 0.3 is 0 Å². The molecule has 1 heterocycles. The molecule has 1 aromatic heterocycles. The summed E-state index contributed by atoms with van der Waals surface area (Å²) >= 11 is 0. The number of aromatic nitrogens is 2. The zero-order valence-electron chi connectivity index (χ0n) is 12.5. The summed E-state index contributed by atoms with van der Waals surface area (Å²) in [6, 6.07) is 7.56. The maximum Gasteiger partial charge on any atom is 0.242 e. The number of hydrogen-bond acceptors (Lipinski definition) is 4. The lowest BCUT2D eigenvalue weighted by atomic mass is 10.2. The van der Waals surface area contributed by atoms with Gasteiger partial charge in [0.15, 0.2) is 0 Å². The second-order valence-corrected chi connectivity index (χ2v) is 4.87. The Hall–Kier alpha value is -2.50. The number of carbonyl (C=O) groups excluding carboxylic acids is 1. The van der Waals surface area contributed by atoms with E-state index >= 15 is 0 Å². The number of amides is 1. The number of nitrogens with two attached hydrogens (primary N) is 1. The summed E-state index contributed by atoms with van der Waals surface area (Å²) in [6.07, 6.45) is 0. The molecule has 0 radical (unpaired) electrons. The van der Waals surface area contributed by atoms with Gasteiger partial charge < -0.3 is 15.8 Å². The van der Waals surface area contributed by atoms with E-state index in [-0.39, 0.29) is 12.5 Å². The van der Waals surface area contributed by atoms with Crippen LogP contribution in [0, 0.1) is 13.8 Å². The average molecular weight is 288 g/mol. The number of nitrogen functional groups attached to an aromatic ring is 1. The van der Waals surface area contributed by atoms with Gasteiger partial charge in [0.2, 0.25) is 5.91 Å². The third-order valence-electron chi connectivity index (χ3n) is 3.38. The van der Waals surface area contributed by atoms with Crippen molar-refractivity contribution in [1.29, 1.82) is 0 Å². The molecule has 0 aliphatic carbocycles. The molecule has 0 aliphatic heterocycles. The zero-order chi connectivity index (χ0) is 15.4. The molecule has 21 heavy (non-hydrogen) atoms. The first-order valence-corrected chi connectivity index (χ1v) is 6.70. The second-order valence-electron chi connectivity index (χ2n) is 4.87. The number of anilines is 1. The number of rotatable bonds is 5. The van der Waals surface area contributed by atoms with Gasteiger partial charge in [0.25, 0.3) is 0 Å². The largest absolute Gasteiger partial charge is 0.497 e. The number of nitrogens with zero attached hydrogens (tertiary/aromatic N) is 2. The highest BCUT2D eigenvalue weighted by atomic mass is 16.5. The first kappa shape index (κ1) is 14.9. The quantitative estimate of drug-likeness (QED) is 0.871. The van der Waals surface area contributed by atoms with Crippen molar-refractivity contribution < 1.29 is 9.53 Å². The van der Waals surface area contributed by atoms with Gasteiger partial charge in [-0.05, 0) is 31.5 Å². The smallest absolute Gasteiger partial charge is 0.242 e. The van der Waals surface area contributed by atoms with E-state index in [1.807, 2.05) is 38.1 Å². The molecule has 0 atom stereocenters. The minimum Gasteiger partial charge on any atom is -0.497 e. The van der Waals surface area contributed by atoms with E-state index < -0.39 is 0 Å². The SMILES string of the molecule is COc1ccc(CNC(=O)Cn2nc(C)c(N)c2C)cc1. The number of benzene rings is 1. The minimum atomic E-state index is -0.101. The van der Waals surface area contributed by atoms with Gasteiger partial charge in [-0.25, -0.2) is 0 Å². The molecule has 0 bridgehead atoms. The predicted molar refractivity (Wildman–Crippen MR) is 81.0 cm³/mol. The fourth-order valence-electron chi connectivity index (χ4n) is 2.00. The average Bonchev–Trinajstić information content (AvgIpc) is 2.73. The molecule has 6 nitrogen and oxygen atoms in total. The van der Waals surface area contributed by atoms with E-state index in [1.54, 1.807) is 11.8 Å². The first-order valence-electron chi connectivity index (χ1n) is 6.70. The Morgan fingerprint density at radius 2 is 2.00 bits per heavy atom. The summed E-state index contributed by atoms with van der Waals surface area (Å²) in [5, 5.41) is 7.10. The standard InChI is InChI=1S/C15H20N4O2/c1-10-15(16)11(2)19(18-10)9-14(20)17-8-12-4-6-13(21-3)7-5-12/h4-7H,8-9,16H2,1-3H3,(H,17,20). The predicted octanol–water partition coefficient (Wildman–Crippen LogP) is 1.41. The van der Waals surface area contributed by atoms with E-state index in [2.05, 4.69) is 10.4 Å². The Morgan fingerprint density at radius 3 is 2.52 bits per heavy atom. The van der Waals surface area contributed by atoms with Crippen molar-refractivity contribution in [2.45, 2.75) is 26.9 Å². The second kappa shape index (κ2) is 6.30. The summed E-state index contributed by atoms with van der Waals surface area (Å²) in [4.78, 5) is 11.9.